The highest BCUT2D eigenvalue weighted by Crippen LogP contribution is 2.18. The SMILES string of the molecule is CCNC(=O)NC(=O)[C@@H](OC(=O)/C=C/c1cccc(F)c1)c1ccccc1. The van der Waals surface area contributed by atoms with Crippen LogP contribution in [0.4, 0.5) is 9.18 Å². The molecular weight excluding hydrogens is 351 g/mol. The van der Waals surface area contributed by atoms with E-state index in [-0.39, 0.29) is 0 Å². The van der Waals surface area contributed by atoms with Gasteiger partial charge in [-0.15, -0.1) is 0 Å². The van der Waals surface area contributed by atoms with Crippen LogP contribution in [-0.4, -0.2) is 24.5 Å². The van der Waals surface area contributed by atoms with Crippen molar-refractivity contribution in [2.24, 2.45) is 0 Å². The Bertz CT molecular complexity index is 837. The average molecular weight is 370 g/mol. The summed E-state index contributed by atoms with van der Waals surface area (Å²) in [6, 6.07) is 13.3. The van der Waals surface area contributed by atoms with Crippen molar-refractivity contribution in [3.05, 3.63) is 77.6 Å². The number of halogens is 1. The Hall–Kier alpha value is -3.48. The van der Waals surface area contributed by atoms with Crippen LogP contribution >= 0.6 is 0 Å². The molecule has 2 aromatic carbocycles. The minimum atomic E-state index is -1.31. The van der Waals surface area contributed by atoms with E-state index in [0.29, 0.717) is 17.7 Å². The van der Waals surface area contributed by atoms with E-state index in [4.69, 9.17) is 4.74 Å². The number of urea groups is 1. The van der Waals surface area contributed by atoms with Crippen LogP contribution in [0.3, 0.4) is 0 Å². The molecule has 0 unspecified atom stereocenters. The second-order valence-electron chi connectivity index (χ2n) is 5.46. The molecule has 0 aliphatic rings. The van der Waals surface area contributed by atoms with E-state index in [1.54, 1.807) is 43.3 Å². The van der Waals surface area contributed by atoms with Crippen molar-refractivity contribution in [3.63, 3.8) is 0 Å². The fourth-order valence-corrected chi connectivity index (χ4v) is 2.21. The van der Waals surface area contributed by atoms with Gasteiger partial charge < -0.3 is 10.1 Å². The van der Waals surface area contributed by atoms with Gasteiger partial charge in [-0.3, -0.25) is 10.1 Å². The molecule has 27 heavy (non-hydrogen) atoms. The van der Waals surface area contributed by atoms with E-state index < -0.39 is 29.8 Å². The van der Waals surface area contributed by atoms with Crippen LogP contribution < -0.4 is 10.6 Å². The molecule has 7 heteroatoms. The number of carbonyl (C=O) groups is 3. The molecule has 0 aliphatic carbocycles. The van der Waals surface area contributed by atoms with Gasteiger partial charge in [0.1, 0.15) is 5.82 Å². The monoisotopic (exact) mass is 370 g/mol. The van der Waals surface area contributed by atoms with E-state index in [9.17, 15) is 18.8 Å². The van der Waals surface area contributed by atoms with Crippen molar-refractivity contribution in [2.75, 3.05) is 6.54 Å². The van der Waals surface area contributed by atoms with Gasteiger partial charge in [0.25, 0.3) is 5.91 Å². The van der Waals surface area contributed by atoms with E-state index >= 15 is 0 Å². The number of esters is 1. The van der Waals surface area contributed by atoms with Crippen LogP contribution in [0.25, 0.3) is 6.08 Å². The van der Waals surface area contributed by atoms with Crippen molar-refractivity contribution in [1.82, 2.24) is 10.6 Å². The number of benzene rings is 2. The zero-order valence-corrected chi connectivity index (χ0v) is 14.6. The normalized spacial score (nSPS) is 11.6. The number of carbonyl (C=O) groups excluding carboxylic acids is 3. The van der Waals surface area contributed by atoms with Gasteiger partial charge in [-0.2, -0.15) is 0 Å². The maximum absolute atomic E-state index is 13.2. The van der Waals surface area contributed by atoms with Crippen molar-refractivity contribution in [3.8, 4) is 0 Å². The Morgan fingerprint density at radius 1 is 1.11 bits per heavy atom. The lowest BCUT2D eigenvalue weighted by atomic mass is 10.1. The summed E-state index contributed by atoms with van der Waals surface area (Å²) in [6.07, 6.45) is 1.15. The highest BCUT2D eigenvalue weighted by Gasteiger charge is 2.25. The molecule has 0 radical (unpaired) electrons. The fourth-order valence-electron chi connectivity index (χ4n) is 2.21. The quantitative estimate of drug-likeness (QED) is 0.605. The zero-order valence-electron chi connectivity index (χ0n) is 14.6. The first-order valence-corrected chi connectivity index (χ1v) is 8.27. The molecule has 1 atom stereocenters. The van der Waals surface area contributed by atoms with Gasteiger partial charge in [0.2, 0.25) is 6.10 Å². The van der Waals surface area contributed by atoms with Gasteiger partial charge in [-0.1, -0.05) is 42.5 Å². The highest BCUT2D eigenvalue weighted by atomic mass is 19.1. The van der Waals surface area contributed by atoms with Crippen LogP contribution in [0.1, 0.15) is 24.2 Å². The van der Waals surface area contributed by atoms with Gasteiger partial charge in [0.15, 0.2) is 0 Å². The molecule has 0 aliphatic heterocycles. The summed E-state index contributed by atoms with van der Waals surface area (Å²) in [4.78, 5) is 36.1. The molecule has 3 amide bonds. The van der Waals surface area contributed by atoms with Crippen LogP contribution in [0, 0.1) is 5.82 Å². The summed E-state index contributed by atoms with van der Waals surface area (Å²) in [5.74, 6) is -2.02. The number of nitrogens with one attached hydrogen (secondary N) is 2. The molecule has 0 fully saturated rings. The Kier molecular flexibility index (Phi) is 7.25. The molecule has 0 spiro atoms. The maximum Gasteiger partial charge on any atom is 0.331 e. The van der Waals surface area contributed by atoms with Gasteiger partial charge in [-0.05, 0) is 30.7 Å². The smallest absolute Gasteiger partial charge is 0.331 e. The number of rotatable bonds is 6. The Morgan fingerprint density at radius 2 is 1.85 bits per heavy atom. The third kappa shape index (κ3) is 6.39. The highest BCUT2D eigenvalue weighted by molar-refractivity contribution is 5.98. The number of ether oxygens (including phenoxy) is 1. The zero-order chi connectivity index (χ0) is 19.6. The summed E-state index contributed by atoms with van der Waals surface area (Å²) in [6.45, 7) is 2.04. The van der Waals surface area contributed by atoms with Crippen LogP contribution in [-0.2, 0) is 14.3 Å². The summed E-state index contributed by atoms with van der Waals surface area (Å²) >= 11 is 0. The lowest BCUT2D eigenvalue weighted by Gasteiger charge is -2.16. The molecule has 0 heterocycles. The second kappa shape index (κ2) is 9.86. The lowest BCUT2D eigenvalue weighted by Crippen LogP contribution is -2.42. The number of hydrogen-bond acceptors (Lipinski definition) is 4. The van der Waals surface area contributed by atoms with E-state index in [0.717, 1.165) is 6.08 Å². The number of imide groups is 1. The molecule has 0 saturated heterocycles. The Balaban J connectivity index is 2.12. The van der Waals surface area contributed by atoms with Gasteiger partial charge in [0.05, 0.1) is 0 Å². The molecule has 0 bridgehead atoms. The molecule has 2 N–H and O–H groups in total. The number of amides is 3. The average Bonchev–Trinajstić information content (AvgIpc) is 2.65. The third-order valence-electron chi connectivity index (χ3n) is 3.41. The first-order chi connectivity index (χ1) is 13.0. The number of hydrogen-bond donors (Lipinski definition) is 2. The predicted molar refractivity (Wildman–Crippen MR) is 97.9 cm³/mol. The molecule has 2 rings (SSSR count). The van der Waals surface area contributed by atoms with Gasteiger partial charge in [0, 0.05) is 18.2 Å². The van der Waals surface area contributed by atoms with Gasteiger partial charge >= 0.3 is 12.0 Å². The topological polar surface area (TPSA) is 84.5 Å². The minimum absolute atomic E-state index is 0.339. The minimum Gasteiger partial charge on any atom is -0.444 e. The van der Waals surface area contributed by atoms with E-state index in [1.807, 2.05) is 0 Å². The van der Waals surface area contributed by atoms with Crippen molar-refractivity contribution in [1.29, 1.82) is 0 Å². The Morgan fingerprint density at radius 3 is 2.52 bits per heavy atom. The van der Waals surface area contributed by atoms with Crippen molar-refractivity contribution in [2.45, 2.75) is 13.0 Å². The molecule has 140 valence electrons. The summed E-state index contributed by atoms with van der Waals surface area (Å²) in [5, 5.41) is 4.55. The summed E-state index contributed by atoms with van der Waals surface area (Å²) in [5.41, 5.74) is 0.877. The van der Waals surface area contributed by atoms with Gasteiger partial charge in [-0.25, -0.2) is 14.0 Å². The summed E-state index contributed by atoms with van der Waals surface area (Å²) < 4.78 is 18.4. The molecule has 2 aromatic rings. The lowest BCUT2D eigenvalue weighted by molar-refractivity contribution is -0.151. The summed E-state index contributed by atoms with van der Waals surface area (Å²) in [7, 11) is 0. The van der Waals surface area contributed by atoms with Crippen LogP contribution in [0.5, 0.6) is 0 Å². The van der Waals surface area contributed by atoms with Crippen LogP contribution in [0.2, 0.25) is 0 Å². The fraction of sp³-hybridized carbons (Fsp3) is 0.150. The predicted octanol–water partition coefficient (Wildman–Crippen LogP) is 2.97. The maximum atomic E-state index is 13.2. The van der Waals surface area contributed by atoms with E-state index in [1.165, 1.54) is 24.3 Å². The second-order valence-corrected chi connectivity index (χ2v) is 5.46. The third-order valence-corrected chi connectivity index (χ3v) is 3.41. The van der Waals surface area contributed by atoms with Crippen LogP contribution in [0.15, 0.2) is 60.7 Å². The molecule has 0 saturated carbocycles. The molecular formula is C20H19FN2O4. The van der Waals surface area contributed by atoms with Crippen molar-refractivity contribution >= 4 is 24.0 Å². The Labute approximate surface area is 156 Å². The first-order valence-electron chi connectivity index (χ1n) is 8.27. The first kappa shape index (κ1) is 19.8. The largest absolute Gasteiger partial charge is 0.444 e. The van der Waals surface area contributed by atoms with Crippen molar-refractivity contribution < 1.29 is 23.5 Å². The molecule has 6 nitrogen and oxygen atoms in total. The standard InChI is InChI=1S/C20H19FN2O4/c1-2-22-20(26)23-19(25)18(15-8-4-3-5-9-15)27-17(24)12-11-14-7-6-10-16(21)13-14/h3-13,18H,2H2,1H3,(H2,22,23,25,26)/b12-11+/t18-/m0/s1. The van der Waals surface area contributed by atoms with E-state index in [2.05, 4.69) is 10.6 Å². The molecule has 0 aromatic heterocycles.